The van der Waals surface area contributed by atoms with Crippen LogP contribution in [0.4, 0.5) is 11.4 Å². The smallest absolute Gasteiger partial charge is 0.242 e. The molecule has 5 heteroatoms. The zero-order valence-electron chi connectivity index (χ0n) is 10.8. The predicted octanol–water partition coefficient (Wildman–Crippen LogP) is 0.992. The van der Waals surface area contributed by atoms with E-state index in [0.717, 1.165) is 25.1 Å². The van der Waals surface area contributed by atoms with Gasteiger partial charge in [-0.1, -0.05) is 0 Å². The van der Waals surface area contributed by atoms with E-state index in [1.807, 2.05) is 18.2 Å². The molecule has 1 fully saturated rings. The van der Waals surface area contributed by atoms with Crippen LogP contribution in [-0.4, -0.2) is 32.7 Å². The molecule has 5 nitrogen and oxygen atoms in total. The van der Waals surface area contributed by atoms with Gasteiger partial charge in [0.05, 0.1) is 12.8 Å². The monoisotopic (exact) mass is 249 g/mol. The summed E-state index contributed by atoms with van der Waals surface area (Å²) in [5, 5.41) is 2.71. The first-order valence-corrected chi connectivity index (χ1v) is 6.09. The molecule has 0 aliphatic carbocycles. The number of ether oxygens (including phenoxy) is 1. The fourth-order valence-electron chi connectivity index (χ4n) is 2.39. The van der Waals surface area contributed by atoms with E-state index in [1.165, 1.54) is 0 Å². The number of carbonyl (C=O) groups excluding carboxylic acids is 1. The van der Waals surface area contributed by atoms with Gasteiger partial charge in [0, 0.05) is 25.3 Å². The number of nitrogens with zero attached hydrogens (tertiary/aromatic N) is 1. The largest absolute Gasteiger partial charge is 0.495 e. The number of amides is 1. The van der Waals surface area contributed by atoms with E-state index < -0.39 is 0 Å². The van der Waals surface area contributed by atoms with Gasteiger partial charge in [-0.25, -0.2) is 0 Å². The lowest BCUT2D eigenvalue weighted by Crippen LogP contribution is -2.41. The van der Waals surface area contributed by atoms with Crippen LogP contribution in [-0.2, 0) is 4.79 Å². The van der Waals surface area contributed by atoms with Crippen LogP contribution in [0.2, 0.25) is 0 Å². The summed E-state index contributed by atoms with van der Waals surface area (Å²) in [5.74, 6) is 0.707. The number of nitrogens with two attached hydrogens (primary N) is 1. The van der Waals surface area contributed by atoms with Crippen LogP contribution >= 0.6 is 0 Å². The van der Waals surface area contributed by atoms with E-state index in [9.17, 15) is 4.79 Å². The Morgan fingerprint density at radius 2 is 2.33 bits per heavy atom. The summed E-state index contributed by atoms with van der Waals surface area (Å²) in [6.07, 6.45) is 1.90. The van der Waals surface area contributed by atoms with Crippen molar-refractivity contribution < 1.29 is 9.53 Å². The Hall–Kier alpha value is -1.91. The van der Waals surface area contributed by atoms with Crippen LogP contribution < -0.4 is 20.7 Å². The van der Waals surface area contributed by atoms with Crippen molar-refractivity contribution in [1.82, 2.24) is 5.32 Å². The first-order chi connectivity index (χ1) is 8.67. The molecular weight excluding hydrogens is 230 g/mol. The van der Waals surface area contributed by atoms with Crippen molar-refractivity contribution >= 4 is 17.3 Å². The van der Waals surface area contributed by atoms with Crippen molar-refractivity contribution in [3.63, 3.8) is 0 Å². The summed E-state index contributed by atoms with van der Waals surface area (Å²) in [4.78, 5) is 13.9. The molecular formula is C13H19N3O2. The summed E-state index contributed by atoms with van der Waals surface area (Å²) < 4.78 is 5.22. The molecule has 2 rings (SSSR count). The van der Waals surface area contributed by atoms with E-state index in [0.29, 0.717) is 11.4 Å². The second-order valence-corrected chi connectivity index (χ2v) is 4.39. The molecule has 0 saturated carbocycles. The number of nitrogen functional groups attached to an aromatic ring is 1. The SMILES string of the molecule is CNC(=O)C1CCCN1c1ccc(N)c(OC)c1. The number of anilines is 2. The first kappa shape index (κ1) is 12.5. The number of rotatable bonds is 3. The van der Waals surface area contributed by atoms with E-state index in [2.05, 4.69) is 10.2 Å². The molecule has 1 amide bonds. The molecule has 1 heterocycles. The Morgan fingerprint density at radius 3 is 3.00 bits per heavy atom. The number of methoxy groups -OCH3 is 1. The summed E-state index contributed by atoms with van der Waals surface area (Å²) in [6.45, 7) is 0.880. The van der Waals surface area contributed by atoms with E-state index in [1.54, 1.807) is 14.2 Å². The van der Waals surface area contributed by atoms with Gasteiger partial charge in [-0.3, -0.25) is 4.79 Å². The highest BCUT2D eigenvalue weighted by Crippen LogP contribution is 2.31. The third kappa shape index (κ3) is 2.20. The van der Waals surface area contributed by atoms with Crippen molar-refractivity contribution in [2.45, 2.75) is 18.9 Å². The second kappa shape index (κ2) is 5.16. The molecule has 98 valence electrons. The summed E-state index contributed by atoms with van der Waals surface area (Å²) >= 11 is 0. The zero-order chi connectivity index (χ0) is 13.1. The summed E-state index contributed by atoms with van der Waals surface area (Å²) in [6, 6.07) is 5.53. The maximum absolute atomic E-state index is 11.8. The lowest BCUT2D eigenvalue weighted by Gasteiger charge is -2.26. The number of nitrogens with one attached hydrogen (secondary N) is 1. The zero-order valence-corrected chi connectivity index (χ0v) is 10.8. The van der Waals surface area contributed by atoms with Gasteiger partial charge in [-0.15, -0.1) is 0 Å². The third-order valence-electron chi connectivity index (χ3n) is 3.35. The van der Waals surface area contributed by atoms with Crippen molar-refractivity contribution in [2.24, 2.45) is 0 Å². The van der Waals surface area contributed by atoms with Crippen LogP contribution in [0.5, 0.6) is 5.75 Å². The third-order valence-corrected chi connectivity index (χ3v) is 3.35. The molecule has 0 radical (unpaired) electrons. The standard InChI is InChI=1S/C13H19N3O2/c1-15-13(17)11-4-3-7-16(11)9-5-6-10(14)12(8-9)18-2/h5-6,8,11H,3-4,7,14H2,1-2H3,(H,15,17). The average molecular weight is 249 g/mol. The Labute approximate surface area is 107 Å². The van der Waals surface area contributed by atoms with Gasteiger partial charge >= 0.3 is 0 Å². The van der Waals surface area contributed by atoms with Crippen molar-refractivity contribution in [3.8, 4) is 5.75 Å². The Balaban J connectivity index is 2.27. The van der Waals surface area contributed by atoms with Gasteiger partial charge in [-0.2, -0.15) is 0 Å². The van der Waals surface area contributed by atoms with Gasteiger partial charge < -0.3 is 20.7 Å². The minimum Gasteiger partial charge on any atom is -0.495 e. The van der Waals surface area contributed by atoms with Gasteiger partial charge in [0.2, 0.25) is 5.91 Å². The lowest BCUT2D eigenvalue weighted by atomic mass is 10.2. The summed E-state index contributed by atoms with van der Waals surface area (Å²) in [7, 11) is 3.26. The minimum atomic E-state index is -0.0941. The molecule has 1 aliphatic rings. The number of hydrogen-bond acceptors (Lipinski definition) is 4. The molecule has 18 heavy (non-hydrogen) atoms. The van der Waals surface area contributed by atoms with E-state index in [-0.39, 0.29) is 11.9 Å². The highest BCUT2D eigenvalue weighted by atomic mass is 16.5. The quantitative estimate of drug-likeness (QED) is 0.784. The molecule has 3 N–H and O–H groups in total. The predicted molar refractivity (Wildman–Crippen MR) is 71.8 cm³/mol. The Morgan fingerprint density at radius 1 is 1.56 bits per heavy atom. The summed E-state index contributed by atoms with van der Waals surface area (Å²) in [5.41, 5.74) is 7.38. The number of likely N-dealkylation sites (N-methyl/N-ethyl adjacent to an activating group) is 1. The van der Waals surface area contributed by atoms with Gasteiger partial charge in [0.25, 0.3) is 0 Å². The molecule has 1 aromatic rings. The molecule has 1 saturated heterocycles. The molecule has 0 spiro atoms. The molecule has 1 atom stereocenters. The maximum Gasteiger partial charge on any atom is 0.242 e. The molecule has 1 aliphatic heterocycles. The fraction of sp³-hybridized carbons (Fsp3) is 0.462. The number of hydrogen-bond donors (Lipinski definition) is 2. The van der Waals surface area contributed by atoms with Gasteiger partial charge in [0.1, 0.15) is 11.8 Å². The normalized spacial score (nSPS) is 18.8. The Kier molecular flexibility index (Phi) is 3.60. The fourth-order valence-corrected chi connectivity index (χ4v) is 2.39. The first-order valence-electron chi connectivity index (χ1n) is 6.09. The van der Waals surface area contributed by atoms with Crippen LogP contribution in [0.3, 0.4) is 0 Å². The molecule has 0 aromatic heterocycles. The van der Waals surface area contributed by atoms with E-state index >= 15 is 0 Å². The van der Waals surface area contributed by atoms with Crippen LogP contribution in [0, 0.1) is 0 Å². The average Bonchev–Trinajstić information content (AvgIpc) is 2.87. The number of carbonyl (C=O) groups is 1. The number of benzene rings is 1. The van der Waals surface area contributed by atoms with Gasteiger partial charge in [0.15, 0.2) is 0 Å². The molecule has 0 bridgehead atoms. The maximum atomic E-state index is 11.8. The van der Waals surface area contributed by atoms with Crippen molar-refractivity contribution in [1.29, 1.82) is 0 Å². The minimum absolute atomic E-state index is 0.0586. The van der Waals surface area contributed by atoms with Crippen LogP contribution in [0.15, 0.2) is 18.2 Å². The molecule has 1 aromatic carbocycles. The highest BCUT2D eigenvalue weighted by Gasteiger charge is 2.30. The topological polar surface area (TPSA) is 67.6 Å². The van der Waals surface area contributed by atoms with E-state index in [4.69, 9.17) is 10.5 Å². The Bertz CT molecular complexity index is 448. The van der Waals surface area contributed by atoms with Crippen molar-refractivity contribution in [3.05, 3.63) is 18.2 Å². The molecule has 1 unspecified atom stereocenters. The van der Waals surface area contributed by atoms with Crippen LogP contribution in [0.25, 0.3) is 0 Å². The van der Waals surface area contributed by atoms with Crippen molar-refractivity contribution in [2.75, 3.05) is 31.3 Å². The van der Waals surface area contributed by atoms with Crippen LogP contribution in [0.1, 0.15) is 12.8 Å². The second-order valence-electron chi connectivity index (χ2n) is 4.39. The highest BCUT2D eigenvalue weighted by molar-refractivity contribution is 5.85. The lowest BCUT2D eigenvalue weighted by molar-refractivity contribution is -0.121. The van der Waals surface area contributed by atoms with Gasteiger partial charge in [-0.05, 0) is 25.0 Å².